The summed E-state index contributed by atoms with van der Waals surface area (Å²) >= 11 is 0. The van der Waals surface area contributed by atoms with Crippen LogP contribution in [0.25, 0.3) is 11.1 Å². The molecule has 0 aromatic heterocycles. The number of carbonyl (C=O) groups excluding carboxylic acids is 2. The summed E-state index contributed by atoms with van der Waals surface area (Å²) in [5, 5.41) is 6.55. The molecular formula is C41H47N3O4. The van der Waals surface area contributed by atoms with E-state index in [2.05, 4.69) is 79.9 Å². The highest BCUT2D eigenvalue weighted by Crippen LogP contribution is 2.53. The van der Waals surface area contributed by atoms with E-state index in [-0.39, 0.29) is 17.0 Å². The van der Waals surface area contributed by atoms with Gasteiger partial charge in [-0.15, -0.1) is 0 Å². The van der Waals surface area contributed by atoms with Crippen LogP contribution in [0.4, 0.5) is 21.0 Å². The topological polar surface area (TPSA) is 79.9 Å². The lowest BCUT2D eigenvalue weighted by atomic mass is 9.85. The zero-order valence-corrected chi connectivity index (χ0v) is 28.9. The number of alkyl carbamates (subject to hydrolysis) is 1. The molecule has 6 rings (SSSR count). The predicted molar refractivity (Wildman–Crippen MR) is 191 cm³/mol. The van der Waals surface area contributed by atoms with E-state index in [1.807, 2.05) is 80.3 Å². The third-order valence-corrected chi connectivity index (χ3v) is 9.16. The van der Waals surface area contributed by atoms with Crippen molar-refractivity contribution in [2.24, 2.45) is 0 Å². The molecule has 1 heterocycles. The smallest absolute Gasteiger partial charge is 0.411 e. The second-order valence-corrected chi connectivity index (χ2v) is 15.1. The SMILES string of the molecule is CC(C)(C)OC(=O)N[C@@H](Cc1ccc(Nc2cccc(-c3ccccc3)c2)cc1)[C@H]1CN(C2(c3cccc(C(C)(C)C)c3)CC2)C(=O)O1. The highest BCUT2D eigenvalue weighted by Gasteiger charge is 2.56. The number of carbonyl (C=O) groups is 2. The van der Waals surface area contributed by atoms with Crippen LogP contribution < -0.4 is 10.6 Å². The fourth-order valence-corrected chi connectivity index (χ4v) is 6.44. The summed E-state index contributed by atoms with van der Waals surface area (Å²) in [6, 6.07) is 34.9. The molecule has 2 atom stereocenters. The van der Waals surface area contributed by atoms with Crippen LogP contribution in [0.15, 0.2) is 103 Å². The van der Waals surface area contributed by atoms with Crippen LogP contribution >= 0.6 is 0 Å². The van der Waals surface area contributed by atoms with Crippen LogP contribution in [-0.2, 0) is 26.8 Å². The van der Waals surface area contributed by atoms with Crippen molar-refractivity contribution in [3.05, 3.63) is 120 Å². The molecular weight excluding hydrogens is 598 g/mol. The van der Waals surface area contributed by atoms with Crippen molar-refractivity contribution in [2.45, 2.75) is 89.5 Å². The van der Waals surface area contributed by atoms with E-state index in [0.29, 0.717) is 13.0 Å². The Kier molecular flexibility index (Phi) is 8.99. The molecule has 0 unspecified atom stereocenters. The van der Waals surface area contributed by atoms with Gasteiger partial charge in [0.05, 0.1) is 18.1 Å². The van der Waals surface area contributed by atoms with Crippen molar-refractivity contribution in [2.75, 3.05) is 11.9 Å². The fourth-order valence-electron chi connectivity index (χ4n) is 6.44. The standard InChI is InChI=1S/C41H47N3O4/c1-39(2,3)31-15-11-16-32(26-31)41(22-23-41)44-27-36(47-38(44)46)35(43-37(45)48-40(4,5)6)24-28-18-20-33(21-19-28)42-34-17-10-14-30(25-34)29-12-8-7-9-13-29/h7-21,25-26,35-36,42H,22-24,27H2,1-6H3,(H,43,45)/t35-,36+/m0/s1. The van der Waals surface area contributed by atoms with E-state index in [9.17, 15) is 9.59 Å². The van der Waals surface area contributed by atoms with Gasteiger partial charge >= 0.3 is 12.2 Å². The van der Waals surface area contributed by atoms with Crippen LogP contribution in [-0.4, -0.2) is 41.4 Å². The summed E-state index contributed by atoms with van der Waals surface area (Å²) in [5.41, 5.74) is 6.60. The van der Waals surface area contributed by atoms with Gasteiger partial charge in [0.2, 0.25) is 0 Å². The van der Waals surface area contributed by atoms with Crippen molar-refractivity contribution in [1.29, 1.82) is 0 Å². The molecule has 1 aliphatic carbocycles. The molecule has 2 amide bonds. The molecule has 4 aromatic rings. The molecule has 1 saturated heterocycles. The Balaban J connectivity index is 1.18. The Morgan fingerprint density at radius 2 is 1.54 bits per heavy atom. The molecule has 2 aliphatic rings. The van der Waals surface area contributed by atoms with Gasteiger partial charge in [-0.25, -0.2) is 9.59 Å². The Labute approximate surface area is 284 Å². The maximum absolute atomic E-state index is 13.5. The van der Waals surface area contributed by atoms with Crippen molar-refractivity contribution in [3.63, 3.8) is 0 Å². The van der Waals surface area contributed by atoms with Crippen LogP contribution in [0.2, 0.25) is 0 Å². The van der Waals surface area contributed by atoms with E-state index in [4.69, 9.17) is 9.47 Å². The minimum Gasteiger partial charge on any atom is -0.444 e. The summed E-state index contributed by atoms with van der Waals surface area (Å²) < 4.78 is 11.7. The number of benzene rings is 4. The normalized spacial score (nSPS) is 17.8. The molecule has 2 fully saturated rings. The lowest BCUT2D eigenvalue weighted by Gasteiger charge is -2.29. The number of nitrogens with one attached hydrogen (secondary N) is 2. The summed E-state index contributed by atoms with van der Waals surface area (Å²) in [4.78, 5) is 28.4. The van der Waals surface area contributed by atoms with Crippen LogP contribution in [0.3, 0.4) is 0 Å². The third kappa shape index (κ3) is 7.67. The molecule has 250 valence electrons. The summed E-state index contributed by atoms with van der Waals surface area (Å²) in [5.74, 6) is 0. The second kappa shape index (κ2) is 13.0. The van der Waals surface area contributed by atoms with E-state index in [0.717, 1.165) is 46.5 Å². The van der Waals surface area contributed by atoms with Crippen LogP contribution in [0, 0.1) is 0 Å². The molecule has 0 radical (unpaired) electrons. The molecule has 0 spiro atoms. The van der Waals surface area contributed by atoms with Crippen molar-refractivity contribution < 1.29 is 19.1 Å². The molecule has 4 aromatic carbocycles. The summed E-state index contributed by atoms with van der Waals surface area (Å²) in [6.45, 7) is 12.5. The number of rotatable bonds is 9. The van der Waals surface area contributed by atoms with Gasteiger partial charge in [-0.1, -0.05) is 99.6 Å². The van der Waals surface area contributed by atoms with Crippen LogP contribution in [0.1, 0.15) is 71.1 Å². The minimum absolute atomic E-state index is 0.000156. The van der Waals surface area contributed by atoms with Gasteiger partial charge in [0.15, 0.2) is 0 Å². The quantitative estimate of drug-likeness (QED) is 0.190. The first-order valence-corrected chi connectivity index (χ1v) is 16.9. The highest BCUT2D eigenvalue weighted by atomic mass is 16.6. The maximum atomic E-state index is 13.5. The first-order valence-electron chi connectivity index (χ1n) is 16.9. The van der Waals surface area contributed by atoms with Gasteiger partial charge in [0.25, 0.3) is 0 Å². The zero-order valence-electron chi connectivity index (χ0n) is 28.9. The molecule has 7 heteroatoms. The number of nitrogens with zero attached hydrogens (tertiary/aromatic N) is 1. The van der Waals surface area contributed by atoms with E-state index in [1.165, 1.54) is 5.56 Å². The maximum Gasteiger partial charge on any atom is 0.411 e. The average Bonchev–Trinajstić information content (AvgIpc) is 3.75. The number of amides is 2. The van der Waals surface area contributed by atoms with Gasteiger partial charge in [0.1, 0.15) is 11.7 Å². The monoisotopic (exact) mass is 645 g/mol. The zero-order chi connectivity index (χ0) is 34.1. The van der Waals surface area contributed by atoms with E-state index < -0.39 is 23.8 Å². The Bertz CT molecular complexity index is 1750. The number of cyclic esters (lactones) is 1. The molecule has 1 saturated carbocycles. The molecule has 0 bridgehead atoms. The second-order valence-electron chi connectivity index (χ2n) is 15.1. The number of hydrogen-bond acceptors (Lipinski definition) is 5. The first-order chi connectivity index (χ1) is 22.8. The molecule has 2 N–H and O–H groups in total. The number of ether oxygens (including phenoxy) is 2. The molecule has 7 nitrogen and oxygen atoms in total. The van der Waals surface area contributed by atoms with Crippen molar-refractivity contribution in [1.82, 2.24) is 10.2 Å². The Hall–Kier alpha value is -4.78. The van der Waals surface area contributed by atoms with Crippen molar-refractivity contribution in [3.8, 4) is 11.1 Å². The first kappa shape index (κ1) is 33.1. The Morgan fingerprint density at radius 1 is 0.854 bits per heavy atom. The summed E-state index contributed by atoms with van der Waals surface area (Å²) in [6.07, 6.45) is 0.836. The van der Waals surface area contributed by atoms with Gasteiger partial charge in [-0.2, -0.15) is 0 Å². The van der Waals surface area contributed by atoms with Gasteiger partial charge in [0, 0.05) is 11.4 Å². The fraction of sp³-hybridized carbons (Fsp3) is 0.366. The van der Waals surface area contributed by atoms with Gasteiger partial charge < -0.3 is 20.1 Å². The molecule has 48 heavy (non-hydrogen) atoms. The minimum atomic E-state index is -0.658. The van der Waals surface area contributed by atoms with Crippen molar-refractivity contribution >= 4 is 23.6 Å². The van der Waals surface area contributed by atoms with Gasteiger partial charge in [-0.05, 0) is 97.5 Å². The van der Waals surface area contributed by atoms with Gasteiger partial charge in [-0.3, -0.25) is 4.90 Å². The average molecular weight is 646 g/mol. The highest BCUT2D eigenvalue weighted by molar-refractivity contribution is 5.74. The molecule has 1 aliphatic heterocycles. The Morgan fingerprint density at radius 3 is 2.21 bits per heavy atom. The van der Waals surface area contributed by atoms with E-state index in [1.54, 1.807) is 0 Å². The summed E-state index contributed by atoms with van der Waals surface area (Å²) in [7, 11) is 0. The lowest BCUT2D eigenvalue weighted by Crippen LogP contribution is -2.48. The third-order valence-electron chi connectivity index (χ3n) is 9.16. The number of anilines is 2. The largest absolute Gasteiger partial charge is 0.444 e. The number of hydrogen-bond donors (Lipinski definition) is 2. The lowest BCUT2D eigenvalue weighted by molar-refractivity contribution is 0.0436. The van der Waals surface area contributed by atoms with Crippen LogP contribution in [0.5, 0.6) is 0 Å². The predicted octanol–water partition coefficient (Wildman–Crippen LogP) is 9.34. The van der Waals surface area contributed by atoms with E-state index >= 15 is 0 Å².